The summed E-state index contributed by atoms with van der Waals surface area (Å²) in [7, 11) is -7.93. The van der Waals surface area contributed by atoms with Crippen molar-refractivity contribution in [2.75, 3.05) is 13.1 Å². The quantitative estimate of drug-likeness (QED) is 0.246. The molecule has 3 N–H and O–H groups in total. The maximum atomic E-state index is 13.5. The zero-order valence-electron chi connectivity index (χ0n) is 23.1. The summed E-state index contributed by atoms with van der Waals surface area (Å²) in [5.74, 6) is 0. The van der Waals surface area contributed by atoms with Crippen LogP contribution in [0.2, 0.25) is 0 Å². The Balaban J connectivity index is 1.58. The van der Waals surface area contributed by atoms with Gasteiger partial charge in [-0.15, -0.1) is 0 Å². The first-order chi connectivity index (χ1) is 19.2. The van der Waals surface area contributed by atoms with Gasteiger partial charge in [-0.25, -0.2) is 35.3 Å². The third-order valence-corrected chi connectivity index (χ3v) is 9.25. The van der Waals surface area contributed by atoms with Gasteiger partial charge in [0.15, 0.2) is 5.65 Å². The Morgan fingerprint density at radius 1 is 0.951 bits per heavy atom. The fourth-order valence-corrected chi connectivity index (χ4v) is 6.65. The highest BCUT2D eigenvalue weighted by molar-refractivity contribution is 7.90. The van der Waals surface area contributed by atoms with Crippen LogP contribution in [0.1, 0.15) is 32.0 Å². The molecule has 0 fully saturated rings. The van der Waals surface area contributed by atoms with Crippen LogP contribution in [0.4, 0.5) is 4.79 Å². The highest BCUT2D eigenvalue weighted by Crippen LogP contribution is 2.33. The Bertz CT molecular complexity index is 1770. The van der Waals surface area contributed by atoms with Crippen LogP contribution < -0.4 is 10.0 Å². The van der Waals surface area contributed by atoms with E-state index in [9.17, 15) is 26.7 Å². The van der Waals surface area contributed by atoms with Crippen molar-refractivity contribution >= 4 is 37.2 Å². The Morgan fingerprint density at radius 2 is 1.59 bits per heavy atom. The van der Waals surface area contributed by atoms with Crippen molar-refractivity contribution in [3.05, 3.63) is 78.1 Å². The van der Waals surface area contributed by atoms with Crippen LogP contribution in [0.5, 0.6) is 0 Å². The number of benzene rings is 2. The molecule has 0 saturated carbocycles. The molecule has 11 nitrogen and oxygen atoms in total. The molecule has 0 aliphatic heterocycles. The molecule has 4 aromatic rings. The van der Waals surface area contributed by atoms with Gasteiger partial charge < -0.3 is 15.2 Å². The van der Waals surface area contributed by atoms with Crippen LogP contribution >= 0.6 is 0 Å². The molecule has 0 atom stereocenters. The lowest BCUT2D eigenvalue weighted by Crippen LogP contribution is -2.37. The number of amides is 1. The highest BCUT2D eigenvalue weighted by Gasteiger charge is 2.25. The number of carbonyl (C=O) groups excluding carboxylic acids is 1. The minimum Gasteiger partial charge on any atom is -0.444 e. The molecule has 0 aliphatic carbocycles. The molecule has 2 heterocycles. The molecule has 41 heavy (non-hydrogen) atoms. The molecule has 218 valence electrons. The Kier molecular flexibility index (Phi) is 8.54. The van der Waals surface area contributed by atoms with E-state index >= 15 is 0 Å². The van der Waals surface area contributed by atoms with Gasteiger partial charge in [0.2, 0.25) is 10.0 Å². The molecule has 0 aliphatic rings. The smallest absolute Gasteiger partial charge is 0.407 e. The lowest BCUT2D eigenvalue weighted by Gasteiger charge is -2.19. The van der Waals surface area contributed by atoms with Crippen molar-refractivity contribution in [3.63, 3.8) is 0 Å². The lowest BCUT2D eigenvalue weighted by molar-refractivity contribution is 0.0529. The number of hydrogen-bond donors (Lipinski definition) is 3. The van der Waals surface area contributed by atoms with Crippen LogP contribution in [0, 0.1) is 6.92 Å². The summed E-state index contributed by atoms with van der Waals surface area (Å²) in [5, 5.41) is 13.0. The first-order valence-corrected chi connectivity index (χ1v) is 15.6. The molecule has 2 aromatic carbocycles. The number of fused-ring (bicyclic) bond motifs is 1. The molecule has 0 saturated heterocycles. The number of ether oxygens (including phenoxy) is 1. The van der Waals surface area contributed by atoms with Crippen molar-refractivity contribution in [3.8, 4) is 11.1 Å². The molecule has 0 spiro atoms. The Hall–Kier alpha value is -3.78. The van der Waals surface area contributed by atoms with Crippen LogP contribution in [0.3, 0.4) is 0 Å². The topological polar surface area (TPSA) is 157 Å². The first kappa shape index (κ1) is 30.2. The van der Waals surface area contributed by atoms with E-state index in [0.717, 1.165) is 9.54 Å². The first-order valence-electron chi connectivity index (χ1n) is 12.7. The number of aryl methyl sites for hydroxylation is 1. The summed E-state index contributed by atoms with van der Waals surface area (Å²) < 4.78 is 61.1. The van der Waals surface area contributed by atoms with Crippen molar-refractivity contribution in [1.82, 2.24) is 19.0 Å². The Labute approximate surface area is 239 Å². The SMILES string of the molecule is Cc1ccc(S(=O)(=O)n2c(CO)cc3c(-c4ccc(S(=O)(=O)NCCNC(=O)OC(C)(C)C)cc4)ccnc32)cc1. The molecule has 4 rings (SSSR count). The van der Waals surface area contributed by atoms with E-state index in [1.807, 2.05) is 6.92 Å². The van der Waals surface area contributed by atoms with Crippen LogP contribution in [-0.2, 0) is 31.4 Å². The number of carbonyl (C=O) groups is 1. The number of sulfonamides is 1. The van der Waals surface area contributed by atoms with Gasteiger partial charge in [0, 0.05) is 24.7 Å². The standard InChI is InChI=1S/C28H32N4O7S2/c1-19-5-9-23(10-6-19)41(37,38)32-21(18-33)17-25-24(13-14-29-26(25)32)20-7-11-22(12-8-20)40(35,36)31-16-15-30-27(34)39-28(2,3)4/h5-14,17,31,33H,15-16,18H2,1-4H3,(H,30,34). The second-order valence-corrected chi connectivity index (χ2v) is 13.9. The maximum Gasteiger partial charge on any atom is 0.407 e. The average molecular weight is 601 g/mol. The van der Waals surface area contributed by atoms with Crippen LogP contribution in [0.15, 0.2) is 76.7 Å². The summed E-state index contributed by atoms with van der Waals surface area (Å²) in [6.07, 6.45) is 0.818. The van der Waals surface area contributed by atoms with Crippen molar-refractivity contribution in [1.29, 1.82) is 0 Å². The van der Waals surface area contributed by atoms with E-state index in [0.29, 0.717) is 16.5 Å². The molecule has 0 bridgehead atoms. The predicted molar refractivity (Wildman–Crippen MR) is 154 cm³/mol. The van der Waals surface area contributed by atoms with E-state index in [-0.39, 0.29) is 34.2 Å². The van der Waals surface area contributed by atoms with Crippen LogP contribution in [-0.4, -0.2) is 55.7 Å². The van der Waals surface area contributed by atoms with Crippen molar-refractivity contribution < 1.29 is 31.5 Å². The summed E-state index contributed by atoms with van der Waals surface area (Å²) in [6.45, 7) is 6.49. The number of rotatable bonds is 9. The van der Waals surface area contributed by atoms with Gasteiger partial charge in [0.05, 0.1) is 22.1 Å². The van der Waals surface area contributed by atoms with E-state index < -0.39 is 38.3 Å². The molecule has 0 radical (unpaired) electrons. The average Bonchev–Trinajstić information content (AvgIpc) is 3.30. The number of pyridine rings is 1. The predicted octanol–water partition coefficient (Wildman–Crippen LogP) is 3.54. The molecule has 2 aromatic heterocycles. The fourth-order valence-electron chi connectivity index (χ4n) is 4.13. The number of aromatic nitrogens is 2. The van der Waals surface area contributed by atoms with E-state index in [1.54, 1.807) is 57.2 Å². The van der Waals surface area contributed by atoms with Crippen molar-refractivity contribution in [2.24, 2.45) is 0 Å². The minimum absolute atomic E-state index is 0.0133. The van der Waals surface area contributed by atoms with Gasteiger partial charge >= 0.3 is 6.09 Å². The molecular formula is C28H32N4O7S2. The third kappa shape index (κ3) is 6.76. The molecule has 1 amide bonds. The van der Waals surface area contributed by atoms with Crippen LogP contribution in [0.25, 0.3) is 22.2 Å². The second kappa shape index (κ2) is 11.6. The lowest BCUT2D eigenvalue weighted by atomic mass is 10.0. The number of hydrogen-bond acceptors (Lipinski definition) is 8. The van der Waals surface area contributed by atoms with Gasteiger partial charge in [-0.3, -0.25) is 0 Å². The Morgan fingerprint density at radius 3 is 2.20 bits per heavy atom. The normalized spacial score (nSPS) is 12.4. The maximum absolute atomic E-state index is 13.5. The summed E-state index contributed by atoms with van der Waals surface area (Å²) in [4.78, 5) is 16.1. The number of nitrogens with one attached hydrogen (secondary N) is 2. The number of aliphatic hydroxyl groups excluding tert-OH is 1. The number of aliphatic hydroxyl groups is 1. The van der Waals surface area contributed by atoms with Gasteiger partial charge in [-0.05, 0) is 75.2 Å². The van der Waals surface area contributed by atoms with Gasteiger partial charge in [-0.1, -0.05) is 29.8 Å². The van der Waals surface area contributed by atoms with Gasteiger partial charge in [-0.2, -0.15) is 0 Å². The number of alkyl carbamates (subject to hydrolysis) is 1. The summed E-state index contributed by atoms with van der Waals surface area (Å²) in [5.41, 5.74) is 1.76. The van der Waals surface area contributed by atoms with E-state index in [4.69, 9.17) is 4.74 Å². The van der Waals surface area contributed by atoms with Crippen molar-refractivity contribution in [2.45, 2.75) is 49.7 Å². The largest absolute Gasteiger partial charge is 0.444 e. The molecule has 13 heteroatoms. The zero-order chi connectivity index (χ0) is 30.0. The zero-order valence-corrected chi connectivity index (χ0v) is 24.7. The highest BCUT2D eigenvalue weighted by atomic mass is 32.2. The molecular weight excluding hydrogens is 568 g/mol. The summed E-state index contributed by atoms with van der Waals surface area (Å²) in [6, 6.07) is 15.7. The summed E-state index contributed by atoms with van der Waals surface area (Å²) >= 11 is 0. The third-order valence-electron chi connectivity index (χ3n) is 6.02. The number of nitrogens with zero attached hydrogens (tertiary/aromatic N) is 2. The second-order valence-electron chi connectivity index (χ2n) is 10.3. The van der Waals surface area contributed by atoms with Gasteiger partial charge in [0.1, 0.15) is 5.60 Å². The molecule has 0 unspecified atom stereocenters. The van der Waals surface area contributed by atoms with E-state index in [1.165, 1.54) is 30.5 Å². The fraction of sp³-hybridized carbons (Fsp3) is 0.286. The minimum atomic E-state index is -4.06. The van der Waals surface area contributed by atoms with E-state index in [2.05, 4.69) is 15.0 Å². The monoisotopic (exact) mass is 600 g/mol. The van der Waals surface area contributed by atoms with Gasteiger partial charge in [0.25, 0.3) is 10.0 Å².